The summed E-state index contributed by atoms with van der Waals surface area (Å²) in [5, 5.41) is 20.0. The van der Waals surface area contributed by atoms with Gasteiger partial charge in [0, 0.05) is 29.7 Å². The summed E-state index contributed by atoms with van der Waals surface area (Å²) >= 11 is 0. The van der Waals surface area contributed by atoms with E-state index in [0.717, 1.165) is 38.0 Å². The molecule has 0 saturated carbocycles. The fourth-order valence-corrected chi connectivity index (χ4v) is 5.41. The maximum Gasteiger partial charge on any atom is 0.310 e. The largest absolute Gasteiger partial charge is 0.460 e. The molecule has 1 aliphatic rings. The van der Waals surface area contributed by atoms with Crippen molar-refractivity contribution in [3.05, 3.63) is 83.3 Å². The predicted molar refractivity (Wildman–Crippen MR) is 170 cm³/mol. The number of carbonyl (C=O) groups excluding carboxylic acids is 3. The average Bonchev–Trinajstić information content (AvgIpc) is 3.37. The van der Waals surface area contributed by atoms with Gasteiger partial charge in [-0.1, -0.05) is 18.2 Å². The Kier molecular flexibility index (Phi) is 9.13. The molecule has 0 spiro atoms. The Morgan fingerprint density at radius 3 is 2.42 bits per heavy atom. The molecule has 2 heterocycles. The van der Waals surface area contributed by atoms with E-state index in [2.05, 4.69) is 26.7 Å². The predicted octanol–water partition coefficient (Wildman–Crippen LogP) is 6.08. The Morgan fingerprint density at radius 1 is 0.956 bits per heavy atom. The van der Waals surface area contributed by atoms with Crippen LogP contribution in [0.25, 0.3) is 10.9 Å². The zero-order valence-corrected chi connectivity index (χ0v) is 25.5. The summed E-state index contributed by atoms with van der Waals surface area (Å²) in [5.41, 5.74) is 2.11. The Morgan fingerprint density at radius 2 is 1.69 bits per heavy atom. The van der Waals surface area contributed by atoms with E-state index in [9.17, 15) is 24.0 Å². The SMILES string of the molecule is CC(C)(C)OC(=O)Cc1cc(F)ccc1NC(=O)c1ccc(N2CCCCC2)c(NC(=O)c2nn(CC#N)c3ccccc23)c1. The second-order valence-corrected chi connectivity index (χ2v) is 11.9. The van der Waals surface area contributed by atoms with E-state index in [-0.39, 0.29) is 35.5 Å². The minimum absolute atomic E-state index is 0.0121. The second-order valence-electron chi connectivity index (χ2n) is 11.9. The van der Waals surface area contributed by atoms with Crippen molar-refractivity contribution in [3.8, 4) is 6.07 Å². The molecular formula is C34H35FN6O4. The van der Waals surface area contributed by atoms with Gasteiger partial charge >= 0.3 is 5.97 Å². The summed E-state index contributed by atoms with van der Waals surface area (Å²) in [6.07, 6.45) is 2.89. The van der Waals surface area contributed by atoms with Crippen molar-refractivity contribution in [2.45, 2.75) is 58.6 Å². The number of fused-ring (bicyclic) bond motifs is 1. The summed E-state index contributed by atoms with van der Waals surface area (Å²) in [5.74, 6) is -2.08. The summed E-state index contributed by atoms with van der Waals surface area (Å²) in [4.78, 5) is 41.8. The van der Waals surface area contributed by atoms with E-state index >= 15 is 0 Å². The van der Waals surface area contributed by atoms with Gasteiger partial charge in [0.25, 0.3) is 11.8 Å². The molecule has 45 heavy (non-hydrogen) atoms. The number of aromatic nitrogens is 2. The first-order valence-corrected chi connectivity index (χ1v) is 14.9. The number of rotatable bonds is 8. The number of piperidine rings is 1. The van der Waals surface area contributed by atoms with E-state index < -0.39 is 29.2 Å². The second kappa shape index (κ2) is 13.2. The van der Waals surface area contributed by atoms with Crippen LogP contribution in [-0.2, 0) is 22.5 Å². The summed E-state index contributed by atoms with van der Waals surface area (Å²) in [6, 6.07) is 18.1. The zero-order valence-electron chi connectivity index (χ0n) is 25.5. The molecule has 0 aliphatic carbocycles. The number of hydrogen-bond acceptors (Lipinski definition) is 7. The third-order valence-corrected chi connectivity index (χ3v) is 7.37. The van der Waals surface area contributed by atoms with Gasteiger partial charge in [-0.05, 0) is 88.1 Å². The van der Waals surface area contributed by atoms with Crippen LogP contribution >= 0.6 is 0 Å². The van der Waals surface area contributed by atoms with Gasteiger partial charge < -0.3 is 20.3 Å². The van der Waals surface area contributed by atoms with Crippen LogP contribution < -0.4 is 15.5 Å². The number of halogens is 1. The average molecular weight is 611 g/mol. The molecule has 0 atom stereocenters. The highest BCUT2D eigenvalue weighted by Crippen LogP contribution is 2.31. The quantitative estimate of drug-likeness (QED) is 0.231. The Hall–Kier alpha value is -5.24. The molecule has 0 bridgehead atoms. The highest BCUT2D eigenvalue weighted by atomic mass is 19.1. The number of hydrogen-bond donors (Lipinski definition) is 2. The van der Waals surface area contributed by atoms with Crippen LogP contribution in [0.5, 0.6) is 0 Å². The minimum Gasteiger partial charge on any atom is -0.460 e. The van der Waals surface area contributed by atoms with Gasteiger partial charge in [-0.25, -0.2) is 9.07 Å². The molecule has 5 rings (SSSR count). The highest BCUT2D eigenvalue weighted by molar-refractivity contribution is 6.13. The maximum atomic E-state index is 14.1. The van der Waals surface area contributed by atoms with Crippen LogP contribution in [-0.4, -0.2) is 46.3 Å². The van der Waals surface area contributed by atoms with E-state index in [1.54, 1.807) is 57.2 Å². The van der Waals surface area contributed by atoms with Crippen molar-refractivity contribution >= 4 is 45.7 Å². The molecule has 1 aliphatic heterocycles. The first kappa shape index (κ1) is 31.2. The number of amides is 2. The van der Waals surface area contributed by atoms with Gasteiger partial charge in [-0.15, -0.1) is 0 Å². The van der Waals surface area contributed by atoms with Gasteiger partial charge in [0.05, 0.1) is 29.4 Å². The van der Waals surface area contributed by atoms with Gasteiger partial charge in [0.1, 0.15) is 18.0 Å². The van der Waals surface area contributed by atoms with Gasteiger partial charge in [-0.2, -0.15) is 10.4 Å². The minimum atomic E-state index is -0.717. The normalized spacial score (nSPS) is 13.3. The third-order valence-electron chi connectivity index (χ3n) is 7.37. The lowest BCUT2D eigenvalue weighted by atomic mass is 10.1. The molecule has 1 aromatic heterocycles. The molecule has 10 nitrogen and oxygen atoms in total. The van der Waals surface area contributed by atoms with E-state index in [1.807, 2.05) is 6.07 Å². The van der Waals surface area contributed by atoms with Crippen molar-refractivity contribution in [2.75, 3.05) is 28.6 Å². The van der Waals surface area contributed by atoms with Crippen molar-refractivity contribution in [2.24, 2.45) is 0 Å². The molecule has 232 valence electrons. The number of ether oxygens (including phenoxy) is 1. The molecule has 1 fully saturated rings. The number of para-hydroxylation sites is 1. The number of anilines is 3. The fourth-order valence-electron chi connectivity index (χ4n) is 5.41. The van der Waals surface area contributed by atoms with Crippen molar-refractivity contribution in [1.29, 1.82) is 5.26 Å². The topological polar surface area (TPSA) is 129 Å². The first-order valence-electron chi connectivity index (χ1n) is 14.9. The van der Waals surface area contributed by atoms with E-state index in [1.165, 1.54) is 22.9 Å². The Bertz CT molecular complexity index is 1800. The number of benzene rings is 3. The van der Waals surface area contributed by atoms with E-state index in [0.29, 0.717) is 16.6 Å². The van der Waals surface area contributed by atoms with Crippen LogP contribution in [0.1, 0.15) is 66.4 Å². The van der Waals surface area contributed by atoms with Gasteiger partial charge in [0.2, 0.25) is 0 Å². The number of nitrogens with zero attached hydrogens (tertiary/aromatic N) is 4. The van der Waals surface area contributed by atoms with Crippen molar-refractivity contribution < 1.29 is 23.5 Å². The zero-order chi connectivity index (χ0) is 32.1. The molecular weight excluding hydrogens is 575 g/mol. The molecule has 1 saturated heterocycles. The summed E-state index contributed by atoms with van der Waals surface area (Å²) < 4.78 is 21.0. The number of esters is 1. The van der Waals surface area contributed by atoms with Crippen LogP contribution in [0.3, 0.4) is 0 Å². The fraction of sp³-hybridized carbons (Fsp3) is 0.324. The van der Waals surface area contributed by atoms with Gasteiger partial charge in [-0.3, -0.25) is 14.4 Å². The number of carbonyl (C=O) groups is 3. The number of nitrogens with one attached hydrogen (secondary N) is 2. The van der Waals surface area contributed by atoms with E-state index in [4.69, 9.17) is 4.74 Å². The molecule has 3 aromatic carbocycles. The van der Waals surface area contributed by atoms with Crippen LogP contribution in [0.4, 0.5) is 21.5 Å². The molecule has 2 N–H and O–H groups in total. The molecule has 2 amide bonds. The molecule has 0 radical (unpaired) electrons. The first-order chi connectivity index (χ1) is 21.5. The van der Waals surface area contributed by atoms with Crippen molar-refractivity contribution in [1.82, 2.24) is 9.78 Å². The third kappa shape index (κ3) is 7.47. The lowest BCUT2D eigenvalue weighted by Gasteiger charge is -2.30. The van der Waals surface area contributed by atoms with Crippen LogP contribution in [0.2, 0.25) is 0 Å². The Balaban J connectivity index is 1.45. The van der Waals surface area contributed by atoms with Gasteiger partial charge in [0.15, 0.2) is 5.69 Å². The van der Waals surface area contributed by atoms with Crippen molar-refractivity contribution in [3.63, 3.8) is 0 Å². The molecule has 11 heteroatoms. The highest BCUT2D eigenvalue weighted by Gasteiger charge is 2.23. The maximum absolute atomic E-state index is 14.1. The summed E-state index contributed by atoms with van der Waals surface area (Å²) in [7, 11) is 0. The smallest absolute Gasteiger partial charge is 0.310 e. The Labute approximate surface area is 260 Å². The lowest BCUT2D eigenvalue weighted by molar-refractivity contribution is -0.153. The molecule has 0 unspecified atom stereocenters. The molecule has 4 aromatic rings. The lowest BCUT2D eigenvalue weighted by Crippen LogP contribution is -2.30. The van der Waals surface area contributed by atoms with Crippen LogP contribution in [0, 0.1) is 17.1 Å². The number of nitriles is 1. The standard InChI is InChI=1S/C34H35FN6O4/c1-34(2,3)45-30(42)21-23-19-24(35)12-13-26(23)37-32(43)22-11-14-29(40-16-7-4-8-17-40)27(20-22)38-33(44)31-25-9-5-6-10-28(25)41(39-31)18-15-36/h5-6,9-14,19-20H,4,7-8,16-18,21H2,1-3H3,(H,37,43)(H,38,44). The van der Waals surface area contributed by atoms with Crippen LogP contribution in [0.15, 0.2) is 60.7 Å². The monoisotopic (exact) mass is 610 g/mol. The summed E-state index contributed by atoms with van der Waals surface area (Å²) in [6.45, 7) is 6.81.